The average molecular weight is 483 g/mol. The first-order chi connectivity index (χ1) is 16.4. The number of nitrogens with one attached hydrogen (secondary N) is 1. The zero-order valence-corrected chi connectivity index (χ0v) is 19.4. The SMILES string of the molecule is CNCc1cc(-c2ccc(OCc3ccc(OC)nc3)cc2F)n(S(=O)(=O)c2cccnc2)c1. The van der Waals surface area contributed by atoms with Gasteiger partial charge in [0.2, 0.25) is 5.88 Å². The minimum absolute atomic E-state index is 0.0105. The first-order valence-electron chi connectivity index (χ1n) is 10.4. The molecule has 0 atom stereocenters. The number of hydrogen-bond donors (Lipinski definition) is 1. The van der Waals surface area contributed by atoms with Crippen LogP contribution in [0.3, 0.4) is 0 Å². The summed E-state index contributed by atoms with van der Waals surface area (Å²) in [6, 6.07) is 12.5. The number of ether oxygens (including phenoxy) is 2. The van der Waals surface area contributed by atoms with E-state index in [2.05, 4.69) is 15.3 Å². The molecule has 8 nitrogen and oxygen atoms in total. The predicted octanol–water partition coefficient (Wildman–Crippen LogP) is 3.63. The average Bonchev–Trinajstić information content (AvgIpc) is 3.28. The molecule has 0 saturated heterocycles. The summed E-state index contributed by atoms with van der Waals surface area (Å²) in [5.74, 6) is 0.184. The highest BCUT2D eigenvalue weighted by atomic mass is 32.2. The van der Waals surface area contributed by atoms with Crippen LogP contribution in [0.4, 0.5) is 4.39 Å². The number of hydrogen-bond acceptors (Lipinski definition) is 7. The van der Waals surface area contributed by atoms with Gasteiger partial charge in [-0.2, -0.15) is 0 Å². The maximum absolute atomic E-state index is 15.2. The van der Waals surface area contributed by atoms with Crippen LogP contribution >= 0.6 is 0 Å². The molecule has 0 aliphatic carbocycles. The Kier molecular flexibility index (Phi) is 6.90. The van der Waals surface area contributed by atoms with Crippen LogP contribution < -0.4 is 14.8 Å². The summed E-state index contributed by atoms with van der Waals surface area (Å²) in [5, 5.41) is 2.98. The lowest BCUT2D eigenvalue weighted by Crippen LogP contribution is -2.14. The first kappa shape index (κ1) is 23.4. The van der Waals surface area contributed by atoms with Gasteiger partial charge in [0.1, 0.15) is 23.1 Å². The van der Waals surface area contributed by atoms with E-state index in [0.717, 1.165) is 9.54 Å². The van der Waals surface area contributed by atoms with Crippen molar-refractivity contribution in [2.45, 2.75) is 18.0 Å². The van der Waals surface area contributed by atoms with Crippen molar-refractivity contribution >= 4 is 10.0 Å². The van der Waals surface area contributed by atoms with Gasteiger partial charge in [-0.1, -0.05) is 0 Å². The molecule has 4 aromatic rings. The Bertz CT molecular complexity index is 1370. The smallest absolute Gasteiger partial charge is 0.269 e. The van der Waals surface area contributed by atoms with Gasteiger partial charge in [0.05, 0.1) is 12.8 Å². The Hall–Kier alpha value is -3.76. The Morgan fingerprint density at radius 1 is 1.09 bits per heavy atom. The summed E-state index contributed by atoms with van der Waals surface area (Å²) in [6.45, 7) is 0.606. The molecule has 0 amide bonds. The molecule has 1 N–H and O–H groups in total. The highest BCUT2D eigenvalue weighted by molar-refractivity contribution is 7.90. The lowest BCUT2D eigenvalue weighted by Gasteiger charge is -2.12. The summed E-state index contributed by atoms with van der Waals surface area (Å²) in [5.41, 5.74) is 1.82. The van der Waals surface area contributed by atoms with Crippen LogP contribution in [-0.2, 0) is 23.2 Å². The zero-order chi connectivity index (χ0) is 24.1. The summed E-state index contributed by atoms with van der Waals surface area (Å²) >= 11 is 0. The predicted molar refractivity (Wildman–Crippen MR) is 125 cm³/mol. The number of pyridine rings is 2. The minimum Gasteiger partial charge on any atom is -0.489 e. The van der Waals surface area contributed by atoms with E-state index in [9.17, 15) is 8.42 Å². The molecule has 0 radical (unpaired) electrons. The van der Waals surface area contributed by atoms with Crippen molar-refractivity contribution in [1.82, 2.24) is 19.3 Å². The second kappa shape index (κ2) is 10.0. The molecule has 3 aromatic heterocycles. The standard InChI is InChI=1S/C24H23FN4O4S/c1-26-12-18-10-23(29(15-18)34(30,31)20-4-3-9-27-14-20)21-7-6-19(11-22(21)25)33-16-17-5-8-24(32-2)28-13-17/h3-11,13-15,26H,12,16H2,1-2H3. The summed E-state index contributed by atoms with van der Waals surface area (Å²) in [4.78, 5) is 8.02. The Balaban J connectivity index is 1.64. The van der Waals surface area contributed by atoms with Crippen molar-refractivity contribution in [3.05, 3.63) is 90.3 Å². The lowest BCUT2D eigenvalue weighted by molar-refractivity contribution is 0.303. The van der Waals surface area contributed by atoms with Crippen molar-refractivity contribution in [2.24, 2.45) is 0 Å². The lowest BCUT2D eigenvalue weighted by atomic mass is 10.1. The Morgan fingerprint density at radius 2 is 1.94 bits per heavy atom. The number of rotatable bonds is 9. The van der Waals surface area contributed by atoms with Gasteiger partial charge in [-0.15, -0.1) is 0 Å². The zero-order valence-electron chi connectivity index (χ0n) is 18.6. The summed E-state index contributed by atoms with van der Waals surface area (Å²) in [7, 11) is -0.704. The molecule has 10 heteroatoms. The van der Waals surface area contributed by atoms with Crippen LogP contribution in [0.1, 0.15) is 11.1 Å². The molecule has 3 heterocycles. The molecule has 0 aliphatic rings. The maximum atomic E-state index is 15.2. The monoisotopic (exact) mass is 482 g/mol. The third kappa shape index (κ3) is 4.92. The molecule has 0 fully saturated rings. The molecule has 4 rings (SSSR count). The summed E-state index contributed by atoms with van der Waals surface area (Å²) in [6.07, 6.45) is 5.85. The molecule has 0 bridgehead atoms. The third-order valence-corrected chi connectivity index (χ3v) is 6.70. The molecule has 0 unspecified atom stereocenters. The van der Waals surface area contributed by atoms with E-state index in [1.165, 1.54) is 50.0 Å². The first-order valence-corrected chi connectivity index (χ1v) is 11.8. The van der Waals surface area contributed by atoms with Crippen molar-refractivity contribution in [3.8, 4) is 22.9 Å². The molecule has 0 spiro atoms. The summed E-state index contributed by atoms with van der Waals surface area (Å²) < 4.78 is 53.5. The van der Waals surface area contributed by atoms with Gasteiger partial charge in [0.25, 0.3) is 10.0 Å². The molecular weight excluding hydrogens is 459 g/mol. The van der Waals surface area contributed by atoms with Gasteiger partial charge in [-0.05, 0) is 49.0 Å². The van der Waals surface area contributed by atoms with E-state index in [1.54, 1.807) is 37.5 Å². The molecule has 176 valence electrons. The Morgan fingerprint density at radius 3 is 2.59 bits per heavy atom. The number of benzene rings is 1. The van der Waals surface area contributed by atoms with Crippen LogP contribution in [-0.4, -0.2) is 36.5 Å². The second-order valence-electron chi connectivity index (χ2n) is 7.39. The molecule has 0 aliphatic heterocycles. The largest absolute Gasteiger partial charge is 0.489 e. The fourth-order valence-corrected chi connectivity index (χ4v) is 4.74. The minimum atomic E-state index is -3.98. The number of methoxy groups -OCH3 is 1. The number of nitrogens with zero attached hydrogens (tertiary/aromatic N) is 3. The van der Waals surface area contributed by atoms with E-state index in [0.29, 0.717) is 23.7 Å². The van der Waals surface area contributed by atoms with Crippen LogP contribution in [0.15, 0.2) is 78.2 Å². The van der Waals surface area contributed by atoms with Crippen LogP contribution in [0.2, 0.25) is 0 Å². The van der Waals surface area contributed by atoms with Gasteiger partial charge in [0, 0.05) is 54.6 Å². The molecule has 0 saturated carbocycles. The van der Waals surface area contributed by atoms with E-state index in [4.69, 9.17) is 9.47 Å². The molecular formula is C24H23FN4O4S. The normalized spacial score (nSPS) is 11.4. The van der Waals surface area contributed by atoms with Crippen molar-refractivity contribution in [1.29, 1.82) is 0 Å². The number of halogens is 1. The van der Waals surface area contributed by atoms with Crippen molar-refractivity contribution in [2.75, 3.05) is 14.2 Å². The quantitative estimate of drug-likeness (QED) is 0.389. The van der Waals surface area contributed by atoms with E-state index in [1.807, 2.05) is 0 Å². The topological polar surface area (TPSA) is 95.3 Å². The fourth-order valence-electron chi connectivity index (χ4n) is 3.38. The highest BCUT2D eigenvalue weighted by Gasteiger charge is 2.23. The Labute approximate surface area is 197 Å². The van der Waals surface area contributed by atoms with Crippen LogP contribution in [0, 0.1) is 5.82 Å². The number of aromatic nitrogens is 3. The fraction of sp³-hybridized carbons (Fsp3) is 0.167. The van der Waals surface area contributed by atoms with Crippen LogP contribution in [0.25, 0.3) is 11.3 Å². The van der Waals surface area contributed by atoms with Crippen molar-refractivity contribution < 1.29 is 22.3 Å². The third-order valence-electron chi connectivity index (χ3n) is 5.04. The van der Waals surface area contributed by atoms with Crippen LogP contribution in [0.5, 0.6) is 11.6 Å². The van der Waals surface area contributed by atoms with Gasteiger partial charge >= 0.3 is 0 Å². The van der Waals surface area contributed by atoms with E-state index < -0.39 is 15.8 Å². The second-order valence-corrected chi connectivity index (χ2v) is 9.21. The highest BCUT2D eigenvalue weighted by Crippen LogP contribution is 2.31. The van der Waals surface area contributed by atoms with Gasteiger partial charge < -0.3 is 14.8 Å². The maximum Gasteiger partial charge on any atom is 0.269 e. The van der Waals surface area contributed by atoms with E-state index >= 15 is 4.39 Å². The van der Waals surface area contributed by atoms with Gasteiger partial charge in [-0.25, -0.2) is 21.8 Å². The van der Waals surface area contributed by atoms with Gasteiger partial charge in [-0.3, -0.25) is 4.98 Å². The van der Waals surface area contributed by atoms with Gasteiger partial charge in [0.15, 0.2) is 0 Å². The molecule has 34 heavy (non-hydrogen) atoms. The van der Waals surface area contributed by atoms with E-state index in [-0.39, 0.29) is 22.8 Å². The molecule has 1 aromatic carbocycles. The van der Waals surface area contributed by atoms with Crippen molar-refractivity contribution in [3.63, 3.8) is 0 Å².